The number of morpholine rings is 1. The molecule has 1 aliphatic heterocycles. The van der Waals surface area contributed by atoms with E-state index in [0.717, 1.165) is 50.6 Å². The van der Waals surface area contributed by atoms with Crippen LogP contribution in [0.2, 0.25) is 0 Å². The van der Waals surface area contributed by atoms with Crippen molar-refractivity contribution in [2.75, 3.05) is 40.0 Å². The van der Waals surface area contributed by atoms with Gasteiger partial charge in [0.05, 0.1) is 37.6 Å². The molecule has 1 fully saturated rings. The summed E-state index contributed by atoms with van der Waals surface area (Å²) in [4.78, 5) is 18.6. The molecule has 2 aromatic rings. The van der Waals surface area contributed by atoms with Crippen LogP contribution in [-0.4, -0.2) is 60.2 Å². The maximum Gasteiger partial charge on any atom is 0.340 e. The third-order valence-corrected chi connectivity index (χ3v) is 3.81. The summed E-state index contributed by atoms with van der Waals surface area (Å²) in [5, 5.41) is 0. The Kier molecular flexibility index (Phi) is 4.17. The van der Waals surface area contributed by atoms with Gasteiger partial charge in [0.1, 0.15) is 5.82 Å². The summed E-state index contributed by atoms with van der Waals surface area (Å²) in [5.74, 6) is 0.627. The number of aromatic nitrogens is 2. The highest BCUT2D eigenvalue weighted by molar-refractivity contribution is 5.96. The van der Waals surface area contributed by atoms with Crippen molar-refractivity contribution >= 4 is 11.5 Å². The van der Waals surface area contributed by atoms with E-state index in [9.17, 15) is 4.79 Å². The third-order valence-electron chi connectivity index (χ3n) is 3.81. The predicted molar refractivity (Wildman–Crippen MR) is 77.5 cm³/mol. The first-order valence-electron chi connectivity index (χ1n) is 7.13. The Morgan fingerprint density at radius 3 is 3.00 bits per heavy atom. The minimum Gasteiger partial charge on any atom is -0.465 e. The molecule has 21 heavy (non-hydrogen) atoms. The summed E-state index contributed by atoms with van der Waals surface area (Å²) in [7, 11) is 1.39. The van der Waals surface area contributed by atoms with Crippen molar-refractivity contribution < 1.29 is 14.3 Å². The maximum absolute atomic E-state index is 11.8. The van der Waals surface area contributed by atoms with Crippen LogP contribution in [0.5, 0.6) is 0 Å². The summed E-state index contributed by atoms with van der Waals surface area (Å²) in [6, 6.07) is 3.60. The molecule has 0 spiro atoms. The number of fused-ring (bicyclic) bond motifs is 1. The summed E-state index contributed by atoms with van der Waals surface area (Å²) in [6.07, 6.45) is 4.52. The average Bonchev–Trinajstić information content (AvgIpc) is 2.96. The van der Waals surface area contributed by atoms with E-state index >= 15 is 0 Å². The molecular weight excluding hydrogens is 270 g/mol. The van der Waals surface area contributed by atoms with Gasteiger partial charge in [-0.05, 0) is 12.1 Å². The Balaban J connectivity index is 1.78. The number of nitrogens with zero attached hydrogens (tertiary/aromatic N) is 3. The lowest BCUT2D eigenvalue weighted by Gasteiger charge is -2.26. The van der Waals surface area contributed by atoms with E-state index in [-0.39, 0.29) is 5.97 Å². The normalized spacial score (nSPS) is 16.2. The zero-order valence-corrected chi connectivity index (χ0v) is 12.1. The van der Waals surface area contributed by atoms with Crippen LogP contribution in [0.15, 0.2) is 24.5 Å². The fraction of sp³-hybridized carbons (Fsp3) is 0.467. The van der Waals surface area contributed by atoms with Crippen molar-refractivity contribution in [1.82, 2.24) is 14.3 Å². The van der Waals surface area contributed by atoms with Gasteiger partial charge in [-0.2, -0.15) is 0 Å². The van der Waals surface area contributed by atoms with Gasteiger partial charge in [0, 0.05) is 32.3 Å². The Bertz CT molecular complexity index is 632. The molecule has 0 aromatic carbocycles. The number of imidazole rings is 1. The second-order valence-electron chi connectivity index (χ2n) is 5.05. The van der Waals surface area contributed by atoms with E-state index in [4.69, 9.17) is 9.47 Å². The molecule has 0 bridgehead atoms. The van der Waals surface area contributed by atoms with E-state index < -0.39 is 0 Å². The summed E-state index contributed by atoms with van der Waals surface area (Å²) in [6.45, 7) is 4.49. The van der Waals surface area contributed by atoms with Gasteiger partial charge in [-0.25, -0.2) is 9.78 Å². The van der Waals surface area contributed by atoms with Crippen molar-refractivity contribution in [2.45, 2.75) is 6.42 Å². The lowest BCUT2D eigenvalue weighted by Crippen LogP contribution is -2.37. The van der Waals surface area contributed by atoms with Crippen molar-refractivity contribution in [3.05, 3.63) is 35.9 Å². The van der Waals surface area contributed by atoms with Crippen LogP contribution in [0.4, 0.5) is 0 Å². The van der Waals surface area contributed by atoms with Gasteiger partial charge in [0.25, 0.3) is 0 Å². The Hall–Kier alpha value is -1.92. The highest BCUT2D eigenvalue weighted by atomic mass is 16.5. The minimum absolute atomic E-state index is 0.333. The Morgan fingerprint density at radius 1 is 1.43 bits per heavy atom. The van der Waals surface area contributed by atoms with E-state index in [1.807, 2.05) is 16.7 Å². The molecule has 0 N–H and O–H groups in total. The molecule has 0 atom stereocenters. The van der Waals surface area contributed by atoms with Crippen molar-refractivity contribution in [3.63, 3.8) is 0 Å². The van der Waals surface area contributed by atoms with Crippen LogP contribution in [-0.2, 0) is 15.9 Å². The van der Waals surface area contributed by atoms with E-state index in [1.165, 1.54) is 7.11 Å². The Morgan fingerprint density at radius 2 is 2.24 bits per heavy atom. The van der Waals surface area contributed by atoms with E-state index in [1.54, 1.807) is 12.3 Å². The first-order valence-corrected chi connectivity index (χ1v) is 7.13. The number of hydrogen-bond acceptors (Lipinski definition) is 5. The SMILES string of the molecule is COC(=O)c1cccn2c(CCN3CCOCC3)ncc12. The number of hydrogen-bond donors (Lipinski definition) is 0. The second kappa shape index (κ2) is 6.24. The predicted octanol–water partition coefficient (Wildman–Crippen LogP) is 0.996. The van der Waals surface area contributed by atoms with Gasteiger partial charge in [-0.3, -0.25) is 4.90 Å². The smallest absolute Gasteiger partial charge is 0.340 e. The van der Waals surface area contributed by atoms with Gasteiger partial charge in [-0.15, -0.1) is 0 Å². The first kappa shape index (κ1) is 14.0. The van der Waals surface area contributed by atoms with Gasteiger partial charge in [0.15, 0.2) is 0 Å². The number of pyridine rings is 1. The van der Waals surface area contributed by atoms with Crippen LogP contribution in [0, 0.1) is 0 Å². The molecule has 2 aromatic heterocycles. The highest BCUT2D eigenvalue weighted by Crippen LogP contribution is 2.14. The minimum atomic E-state index is -0.333. The van der Waals surface area contributed by atoms with Crippen molar-refractivity contribution in [3.8, 4) is 0 Å². The number of ether oxygens (including phenoxy) is 2. The lowest BCUT2D eigenvalue weighted by molar-refractivity contribution is 0.0382. The molecule has 0 radical (unpaired) electrons. The van der Waals surface area contributed by atoms with Gasteiger partial charge in [0.2, 0.25) is 0 Å². The molecule has 1 aliphatic rings. The molecule has 0 aliphatic carbocycles. The molecule has 3 heterocycles. The molecule has 1 saturated heterocycles. The summed E-state index contributed by atoms with van der Waals surface area (Å²) >= 11 is 0. The largest absolute Gasteiger partial charge is 0.465 e. The molecule has 6 nitrogen and oxygen atoms in total. The zero-order valence-electron chi connectivity index (χ0n) is 12.1. The van der Waals surface area contributed by atoms with Crippen LogP contribution in [0.25, 0.3) is 5.52 Å². The molecule has 0 unspecified atom stereocenters. The molecule has 112 valence electrons. The van der Waals surface area contributed by atoms with Crippen LogP contribution in [0.1, 0.15) is 16.2 Å². The maximum atomic E-state index is 11.8. The average molecular weight is 289 g/mol. The molecule has 3 rings (SSSR count). The van der Waals surface area contributed by atoms with Crippen LogP contribution >= 0.6 is 0 Å². The molecule has 0 amide bonds. The van der Waals surface area contributed by atoms with Gasteiger partial charge < -0.3 is 13.9 Å². The fourth-order valence-corrected chi connectivity index (χ4v) is 2.63. The number of rotatable bonds is 4. The topological polar surface area (TPSA) is 56.1 Å². The number of carbonyl (C=O) groups is 1. The Labute approximate surface area is 123 Å². The van der Waals surface area contributed by atoms with Crippen molar-refractivity contribution in [1.29, 1.82) is 0 Å². The fourth-order valence-electron chi connectivity index (χ4n) is 2.63. The number of carbonyl (C=O) groups excluding carboxylic acids is 1. The summed E-state index contributed by atoms with van der Waals surface area (Å²) < 4.78 is 12.1. The molecule has 6 heteroatoms. The summed E-state index contributed by atoms with van der Waals surface area (Å²) in [5.41, 5.74) is 1.34. The van der Waals surface area contributed by atoms with Crippen molar-refractivity contribution in [2.24, 2.45) is 0 Å². The number of esters is 1. The molecule has 0 saturated carbocycles. The first-order chi connectivity index (χ1) is 10.3. The third kappa shape index (κ3) is 2.91. The highest BCUT2D eigenvalue weighted by Gasteiger charge is 2.15. The van der Waals surface area contributed by atoms with E-state index in [0.29, 0.717) is 5.56 Å². The second-order valence-corrected chi connectivity index (χ2v) is 5.05. The van der Waals surface area contributed by atoms with E-state index in [2.05, 4.69) is 9.88 Å². The molecular formula is C15H19N3O3. The monoisotopic (exact) mass is 289 g/mol. The zero-order chi connectivity index (χ0) is 14.7. The van der Waals surface area contributed by atoms with Crippen LogP contribution in [0.3, 0.4) is 0 Å². The van der Waals surface area contributed by atoms with Gasteiger partial charge >= 0.3 is 5.97 Å². The quantitative estimate of drug-likeness (QED) is 0.786. The van der Waals surface area contributed by atoms with Crippen LogP contribution < -0.4 is 0 Å². The van der Waals surface area contributed by atoms with Gasteiger partial charge in [-0.1, -0.05) is 0 Å². The lowest BCUT2D eigenvalue weighted by atomic mass is 10.2. The standard InChI is InChI=1S/C15H19N3O3/c1-20-15(19)12-3-2-5-18-13(12)11-16-14(18)4-6-17-7-9-21-10-8-17/h2-3,5,11H,4,6-10H2,1H3. The number of methoxy groups -OCH3 is 1.